The summed E-state index contributed by atoms with van der Waals surface area (Å²) in [5, 5.41) is 108. The largest absolute Gasteiger partial charge is 0.655 e. The summed E-state index contributed by atoms with van der Waals surface area (Å²) in [5.41, 5.74) is 46.1. The number of nitrogens with one attached hydrogen (secondary N) is 8. The molecule has 621 valence electrons. The molecule has 22 N–H and O–H groups in total. The van der Waals surface area contributed by atoms with Crippen LogP contribution in [0.15, 0.2) is 71.0 Å². The standard InChI is InChI=1S/9C5H8O2.4C2H6.8CH4NO.CH3.3Cu.U/c9*1-4(6)3-5(2)7;4*1-2;8*2-1-3;;;;;/h3*3H2,1-2H3;6*3,6H,1-2H3;4*1-2H3;8*2-3H,1H2;1H3;;;;/q;;;;;;;;;;;;;9*-1;;;;/b;;;4*4-3-;;;;;;;;;;;;;;;;;;;. The van der Waals surface area contributed by atoms with Gasteiger partial charge in [0.2, 0.25) is 0 Å². The van der Waals surface area contributed by atoms with E-state index in [0.717, 1.165) is 0 Å². The summed E-state index contributed by atoms with van der Waals surface area (Å²) >= 11 is 0. The number of aliphatic hydroxyl groups is 14. The normalized spacial score (nSPS) is 8.22. The molecule has 0 aromatic rings. The van der Waals surface area contributed by atoms with Crippen LogP contribution in [0.1, 0.15) is 199 Å². The summed E-state index contributed by atoms with van der Waals surface area (Å²) in [7, 11) is 0. The van der Waals surface area contributed by atoms with E-state index < -0.39 is 53.8 Å². The van der Waals surface area contributed by atoms with E-state index in [0.29, 0.717) is 0 Å². The second-order valence-corrected chi connectivity index (χ2v) is 14.4. The summed E-state index contributed by atoms with van der Waals surface area (Å²) < 4.78 is 0. The summed E-state index contributed by atoms with van der Waals surface area (Å²) in [6, 6.07) is 0. The molecule has 3 radical (unpaired) electrons. The Kier molecular flexibility index (Phi) is 329. The summed E-state index contributed by atoms with van der Waals surface area (Å²) in [6.07, 6.45) is 7.25. The minimum Gasteiger partial charge on any atom is -0.655 e. The number of Topliss-reactive ketones (excluding diaryl/α,β-unsaturated/α-hetero) is 6. The Hall–Kier alpha value is -4.75. The van der Waals surface area contributed by atoms with E-state index >= 15 is 0 Å². The molecule has 0 aromatic heterocycles. The third kappa shape index (κ3) is 813. The molecular weight excluding hydrogens is 1700 g/mol. The van der Waals surface area contributed by atoms with Gasteiger partial charge in [0.25, 0.3) is 0 Å². The van der Waals surface area contributed by atoms with E-state index in [9.17, 15) is 57.5 Å². The molecule has 0 amide bonds. The second kappa shape index (κ2) is 187. The van der Waals surface area contributed by atoms with Crippen LogP contribution in [0.2, 0.25) is 0 Å². The number of allylic oxidation sites excluding steroid dienone is 12. The number of ketones is 12. The van der Waals surface area contributed by atoms with Gasteiger partial charge in [0.1, 0.15) is 34.7 Å². The van der Waals surface area contributed by atoms with E-state index in [4.69, 9.17) is 117 Å². The fourth-order valence-corrected chi connectivity index (χ4v) is 2.82. The van der Waals surface area contributed by atoms with Crippen LogP contribution in [0.3, 0.4) is 0 Å². The van der Waals surface area contributed by atoms with E-state index in [1.165, 1.54) is 161 Å². The third-order valence-electron chi connectivity index (χ3n) is 3.97. The zero-order chi connectivity index (χ0) is 82.4. The van der Waals surface area contributed by atoms with Crippen molar-refractivity contribution in [2.45, 2.75) is 199 Å². The van der Waals surface area contributed by atoms with Crippen LogP contribution in [-0.4, -0.2) is 195 Å². The molecule has 0 saturated carbocycles. The molecule has 0 atom stereocenters. The van der Waals surface area contributed by atoms with Crippen molar-refractivity contribution >= 4 is 69.4 Å². The Morgan fingerprint density at radius 2 is 0.270 bits per heavy atom. The minimum atomic E-state index is -0.500. The Morgan fingerprint density at radius 3 is 0.270 bits per heavy atom. The molecule has 0 aliphatic rings. The zero-order valence-electron chi connectivity index (χ0n) is 63.8. The number of hydrogen-bond acceptors (Lipinski definition) is 26. The van der Waals surface area contributed by atoms with Gasteiger partial charge in [-0.15, -0.1) is 0 Å². The van der Waals surface area contributed by atoms with Gasteiger partial charge in [0.15, 0.2) is 34.7 Å². The number of rotatable bonds is 12. The molecule has 0 aliphatic heterocycles. The Morgan fingerprint density at radius 1 is 0.220 bits per heavy atom. The third-order valence-corrected chi connectivity index (χ3v) is 3.97. The molecule has 0 heterocycles. The minimum absolute atomic E-state index is 0. The summed E-state index contributed by atoms with van der Waals surface area (Å²) in [5.74, 6) is -0.750. The summed E-state index contributed by atoms with van der Waals surface area (Å²) in [6.45, 7) is 37.5. The van der Waals surface area contributed by atoms with E-state index in [1.807, 2.05) is 55.4 Å². The van der Waals surface area contributed by atoms with E-state index in [2.05, 4.69) is 0 Å². The molecule has 0 bridgehead atoms. The van der Waals surface area contributed by atoms with Crippen molar-refractivity contribution in [3.8, 4) is 0 Å². The van der Waals surface area contributed by atoms with Crippen LogP contribution in [-0.2, 0) is 109 Å². The fraction of sp³-hybridized carbons (Fsp3) is 0.597. The van der Waals surface area contributed by atoms with Crippen molar-refractivity contribution in [3.63, 3.8) is 0 Å². The Labute approximate surface area is 653 Å². The van der Waals surface area contributed by atoms with Gasteiger partial charge in [-0.25, -0.2) is 0 Å². The van der Waals surface area contributed by atoms with Crippen molar-refractivity contribution < 1.29 is 211 Å². The van der Waals surface area contributed by atoms with Crippen molar-refractivity contribution in [1.29, 1.82) is 0 Å². The first-order valence-corrected chi connectivity index (χ1v) is 27.7. The molecule has 0 saturated heterocycles. The van der Waals surface area contributed by atoms with Gasteiger partial charge in [-0.1, -0.05) is 55.4 Å². The van der Waals surface area contributed by atoms with Crippen LogP contribution < -0.4 is 0 Å². The first kappa shape index (κ1) is 176. The molecule has 34 nitrogen and oxygen atoms in total. The average Bonchev–Trinajstić information content (AvgIpc) is 3.36. The second-order valence-electron chi connectivity index (χ2n) is 14.4. The maximum atomic E-state index is 10.0. The first-order valence-electron chi connectivity index (χ1n) is 27.7. The van der Waals surface area contributed by atoms with Gasteiger partial charge in [0.05, 0.1) is 53.8 Å². The van der Waals surface area contributed by atoms with Gasteiger partial charge in [-0.2, -0.15) is 0 Å². The molecule has 38 heteroatoms. The van der Waals surface area contributed by atoms with Crippen LogP contribution in [0, 0.1) is 38.5 Å². The zero-order valence-corrected chi connectivity index (χ0v) is 70.8. The smallest absolute Gasteiger partial charge is 0.155 e. The maximum absolute atomic E-state index is 10.0. The van der Waals surface area contributed by atoms with E-state index in [-0.39, 0.29) is 213 Å². The van der Waals surface area contributed by atoms with Crippen molar-refractivity contribution in [2.24, 2.45) is 0 Å². The Balaban J connectivity index is -0.0000000242. The average molecular weight is 1830 g/mol. The van der Waals surface area contributed by atoms with Gasteiger partial charge >= 0.3 is 0 Å². The first-order chi connectivity index (χ1) is 43.4. The molecule has 100 heavy (non-hydrogen) atoms. The van der Waals surface area contributed by atoms with Crippen LogP contribution in [0.4, 0.5) is 0 Å². The number of hydrogen-bond donors (Lipinski definition) is 14. The van der Waals surface area contributed by atoms with Crippen molar-refractivity contribution in [3.05, 3.63) is 124 Å². The molecule has 0 fully saturated rings. The number of carbonyl (C=O) groups is 12. The Bertz CT molecular complexity index is 1540. The molecule has 0 aromatic carbocycles. The van der Waals surface area contributed by atoms with Gasteiger partial charge in [0, 0.05) is 119 Å². The van der Waals surface area contributed by atoms with Crippen LogP contribution >= 0.6 is 0 Å². The predicted molar refractivity (Wildman–Crippen MR) is 383 cm³/mol. The number of aliphatic hydroxyl groups excluding tert-OH is 14. The fourth-order valence-electron chi connectivity index (χ4n) is 2.82. The predicted octanol–water partition coefficient (Wildman–Crippen LogP) is 12.3. The quantitative estimate of drug-likeness (QED) is 0.0284. The van der Waals surface area contributed by atoms with Crippen molar-refractivity contribution in [2.75, 3.05) is 53.8 Å². The SMILES string of the molecule is CC.CC.CC.CC.CC(=O)/C=C(/C)O.CC(=O)/C=C(/C)O.CC(=O)/C=C(/C)O.CC(=O)/C=C(/C)O.CC(=O)C=C(C)O.CC(=O)C=C(C)O.CC(=O)CC(C)=O.CC(=O)CC(C)=O.CC(=O)CC(C)=O.[CH3-].[Cu].[Cu].[Cu].[NH-]CO.[NH-]CO.[NH-]CO.[NH-]CO.[NH-]CO.[NH-]CO.[NH-]CO.[NH-]CO.[U]. The molecule has 0 rings (SSSR count). The molecular formula is C62H131Cu3N8O26U-9. The van der Waals surface area contributed by atoms with E-state index in [1.54, 1.807) is 0 Å². The van der Waals surface area contributed by atoms with Crippen molar-refractivity contribution in [1.82, 2.24) is 0 Å². The molecule has 0 spiro atoms. The van der Waals surface area contributed by atoms with Gasteiger partial charge in [-0.3, -0.25) is 57.5 Å². The topological polar surface area (TPSA) is 678 Å². The summed E-state index contributed by atoms with van der Waals surface area (Å²) in [4.78, 5) is 120. The monoisotopic (exact) mass is 1830 g/mol. The van der Waals surface area contributed by atoms with Crippen LogP contribution in [0.25, 0.3) is 45.9 Å². The number of carbonyl (C=O) groups excluding carboxylic acids is 12. The molecule has 0 unspecified atom stereocenters. The van der Waals surface area contributed by atoms with Crippen LogP contribution in [0.5, 0.6) is 0 Å². The van der Waals surface area contributed by atoms with Gasteiger partial charge in [-0.05, 0) is 178 Å². The van der Waals surface area contributed by atoms with Gasteiger partial charge < -0.3 is 125 Å². The maximum Gasteiger partial charge on any atom is 0.155 e. The molecule has 0 aliphatic carbocycles.